The van der Waals surface area contributed by atoms with E-state index in [9.17, 15) is 0 Å². The van der Waals surface area contributed by atoms with Gasteiger partial charge in [-0.15, -0.1) is 0 Å². The SMILES string of the molecule is CC(C)(O)C=S.CSCCCC#N. The highest BCUT2D eigenvalue weighted by molar-refractivity contribution is 7.98. The van der Waals surface area contributed by atoms with Crippen LogP contribution in [0.5, 0.6) is 0 Å². The first-order valence-electron chi connectivity index (χ1n) is 4.02. The molecule has 0 atom stereocenters. The molecule has 0 saturated heterocycles. The summed E-state index contributed by atoms with van der Waals surface area (Å²) < 4.78 is 0. The summed E-state index contributed by atoms with van der Waals surface area (Å²) >= 11 is 6.20. The Morgan fingerprint density at radius 1 is 1.62 bits per heavy atom. The molecular weight excluding hydrogens is 202 g/mol. The lowest BCUT2D eigenvalue weighted by atomic mass is 10.2. The molecule has 0 aliphatic rings. The van der Waals surface area contributed by atoms with Gasteiger partial charge in [0.1, 0.15) is 0 Å². The maximum absolute atomic E-state index is 8.67. The quantitative estimate of drug-likeness (QED) is 0.582. The van der Waals surface area contributed by atoms with Crippen LogP contribution >= 0.6 is 24.0 Å². The van der Waals surface area contributed by atoms with Gasteiger partial charge in [-0.3, -0.25) is 0 Å². The Hall–Kier alpha value is -0.110. The van der Waals surface area contributed by atoms with E-state index in [1.54, 1.807) is 25.6 Å². The highest BCUT2D eigenvalue weighted by atomic mass is 32.2. The number of hydrogen-bond acceptors (Lipinski definition) is 4. The topological polar surface area (TPSA) is 44.0 Å². The zero-order chi connectivity index (χ0) is 10.7. The summed E-state index contributed by atoms with van der Waals surface area (Å²) in [6, 6.07) is 2.09. The standard InChI is InChI=1S/C5H9NS.C4H8OS/c1-7-5-3-2-4-6;1-4(2,5)3-6/h2-3,5H2,1H3;3,5H,1-2H3. The van der Waals surface area contributed by atoms with Gasteiger partial charge in [0, 0.05) is 11.8 Å². The minimum atomic E-state index is -0.769. The maximum Gasteiger partial charge on any atom is 0.0872 e. The van der Waals surface area contributed by atoms with E-state index in [0.717, 1.165) is 12.2 Å². The van der Waals surface area contributed by atoms with Crippen molar-refractivity contribution >= 4 is 29.3 Å². The van der Waals surface area contributed by atoms with Crippen LogP contribution in [0, 0.1) is 11.3 Å². The first-order chi connectivity index (χ1) is 5.97. The summed E-state index contributed by atoms with van der Waals surface area (Å²) in [5, 5.41) is 18.0. The number of rotatable bonds is 4. The first kappa shape index (κ1) is 15.4. The number of hydrogen-bond donors (Lipinski definition) is 1. The zero-order valence-electron chi connectivity index (χ0n) is 8.41. The van der Waals surface area contributed by atoms with Crippen molar-refractivity contribution in [2.45, 2.75) is 32.3 Å². The lowest BCUT2D eigenvalue weighted by Gasteiger charge is -2.05. The second-order valence-corrected chi connectivity index (χ2v) is 4.25. The van der Waals surface area contributed by atoms with E-state index >= 15 is 0 Å². The molecule has 0 spiro atoms. The van der Waals surface area contributed by atoms with Crippen LogP contribution in [0.1, 0.15) is 26.7 Å². The summed E-state index contributed by atoms with van der Waals surface area (Å²) in [7, 11) is 0. The van der Waals surface area contributed by atoms with E-state index in [0.29, 0.717) is 6.42 Å². The Kier molecular flexibility index (Phi) is 11.8. The molecule has 0 aliphatic carbocycles. The van der Waals surface area contributed by atoms with Crippen molar-refractivity contribution in [3.05, 3.63) is 0 Å². The summed E-state index contributed by atoms with van der Waals surface area (Å²) in [6.45, 7) is 3.28. The van der Waals surface area contributed by atoms with Crippen LogP contribution in [0.2, 0.25) is 0 Å². The van der Waals surface area contributed by atoms with Gasteiger partial charge in [-0.25, -0.2) is 0 Å². The van der Waals surface area contributed by atoms with Crippen molar-refractivity contribution in [3.8, 4) is 6.07 Å². The third kappa shape index (κ3) is 24.5. The molecule has 2 nitrogen and oxygen atoms in total. The molecule has 0 aromatic heterocycles. The van der Waals surface area contributed by atoms with E-state index in [1.807, 2.05) is 0 Å². The van der Waals surface area contributed by atoms with Crippen molar-refractivity contribution in [1.82, 2.24) is 0 Å². The normalized spacial score (nSPS) is 9.46. The van der Waals surface area contributed by atoms with Gasteiger partial charge in [-0.2, -0.15) is 17.0 Å². The minimum absolute atomic E-state index is 0.709. The van der Waals surface area contributed by atoms with Crippen molar-refractivity contribution in [1.29, 1.82) is 5.26 Å². The van der Waals surface area contributed by atoms with Gasteiger partial charge in [0.25, 0.3) is 0 Å². The van der Waals surface area contributed by atoms with Crippen molar-refractivity contribution in [2.75, 3.05) is 12.0 Å². The molecule has 13 heavy (non-hydrogen) atoms. The zero-order valence-corrected chi connectivity index (χ0v) is 10.0. The molecule has 0 unspecified atom stereocenters. The monoisotopic (exact) mass is 219 g/mol. The van der Waals surface area contributed by atoms with Crippen molar-refractivity contribution in [3.63, 3.8) is 0 Å². The minimum Gasteiger partial charge on any atom is -0.386 e. The molecule has 76 valence electrons. The number of nitriles is 1. The van der Waals surface area contributed by atoms with Gasteiger partial charge in [0.15, 0.2) is 0 Å². The molecule has 0 rings (SSSR count). The fourth-order valence-electron chi connectivity index (χ4n) is 0.296. The van der Waals surface area contributed by atoms with Crippen LogP contribution < -0.4 is 0 Å². The van der Waals surface area contributed by atoms with E-state index in [4.69, 9.17) is 10.4 Å². The maximum atomic E-state index is 8.67. The Morgan fingerprint density at radius 2 is 2.08 bits per heavy atom. The lowest BCUT2D eigenvalue weighted by molar-refractivity contribution is 0.162. The van der Waals surface area contributed by atoms with Crippen LogP contribution in [0.3, 0.4) is 0 Å². The summed E-state index contributed by atoms with van der Waals surface area (Å²) in [5.74, 6) is 1.12. The van der Waals surface area contributed by atoms with Crippen molar-refractivity contribution < 1.29 is 5.11 Å². The van der Waals surface area contributed by atoms with Crippen LogP contribution in [0.4, 0.5) is 0 Å². The average Bonchev–Trinajstić information content (AvgIpc) is 2.06. The molecule has 0 aliphatic heterocycles. The Labute approximate surface area is 90.3 Å². The van der Waals surface area contributed by atoms with Gasteiger partial charge < -0.3 is 5.11 Å². The van der Waals surface area contributed by atoms with Gasteiger partial charge in [-0.05, 0) is 32.3 Å². The van der Waals surface area contributed by atoms with Gasteiger partial charge in [-0.1, -0.05) is 12.2 Å². The summed E-state index contributed by atoms with van der Waals surface area (Å²) in [4.78, 5) is 0. The van der Waals surface area contributed by atoms with E-state index in [-0.39, 0.29) is 0 Å². The molecule has 0 bridgehead atoms. The van der Waals surface area contributed by atoms with Gasteiger partial charge >= 0.3 is 0 Å². The van der Waals surface area contributed by atoms with Crippen molar-refractivity contribution in [2.24, 2.45) is 0 Å². The number of nitrogens with zero attached hydrogens (tertiary/aromatic N) is 1. The molecular formula is C9H17NOS2. The predicted molar refractivity (Wildman–Crippen MR) is 63.2 cm³/mol. The van der Waals surface area contributed by atoms with E-state index in [1.165, 1.54) is 5.37 Å². The van der Waals surface area contributed by atoms with E-state index < -0.39 is 5.60 Å². The van der Waals surface area contributed by atoms with Crippen LogP contribution in [0.15, 0.2) is 0 Å². The van der Waals surface area contributed by atoms with Gasteiger partial charge in [0.2, 0.25) is 0 Å². The number of thioether (sulfide) groups is 1. The molecule has 0 aromatic carbocycles. The summed E-state index contributed by atoms with van der Waals surface area (Å²) in [6.07, 6.45) is 3.80. The largest absolute Gasteiger partial charge is 0.386 e. The fourth-order valence-corrected chi connectivity index (χ4v) is 0.729. The van der Waals surface area contributed by atoms with Crippen LogP contribution in [-0.2, 0) is 0 Å². The molecule has 0 fully saturated rings. The Bertz CT molecular complexity index is 158. The number of thiocarbonyl (C=S) groups is 1. The van der Waals surface area contributed by atoms with Crippen LogP contribution in [-0.4, -0.2) is 28.1 Å². The Morgan fingerprint density at radius 3 is 2.31 bits per heavy atom. The number of unbranched alkanes of at least 4 members (excludes halogenated alkanes) is 1. The molecule has 0 amide bonds. The molecule has 0 heterocycles. The molecule has 1 N–H and O–H groups in total. The lowest BCUT2D eigenvalue weighted by Crippen LogP contribution is -2.18. The second kappa shape index (κ2) is 9.97. The molecule has 0 aromatic rings. The molecule has 0 saturated carbocycles. The molecule has 4 heteroatoms. The highest BCUT2D eigenvalue weighted by Gasteiger charge is 2.03. The predicted octanol–water partition coefficient (Wildman–Crippen LogP) is 2.41. The Balaban J connectivity index is 0. The average molecular weight is 219 g/mol. The summed E-state index contributed by atoms with van der Waals surface area (Å²) in [5.41, 5.74) is -0.769. The van der Waals surface area contributed by atoms with E-state index in [2.05, 4.69) is 24.5 Å². The molecule has 0 radical (unpaired) electrons. The van der Waals surface area contributed by atoms with Crippen LogP contribution in [0.25, 0.3) is 0 Å². The second-order valence-electron chi connectivity index (χ2n) is 3.03. The fraction of sp³-hybridized carbons (Fsp3) is 0.778. The third-order valence-corrected chi connectivity index (χ3v) is 2.20. The smallest absolute Gasteiger partial charge is 0.0872 e. The number of aliphatic hydroxyl groups is 1. The third-order valence-electron chi connectivity index (χ3n) is 0.925. The van der Waals surface area contributed by atoms with Gasteiger partial charge in [0.05, 0.1) is 11.7 Å². The highest BCUT2D eigenvalue weighted by Crippen LogP contribution is 1.96. The first-order valence-corrected chi connectivity index (χ1v) is 5.89.